The highest BCUT2D eigenvalue weighted by atomic mass is 16.2. The molecule has 2 N–H and O–H groups in total. The SMILES string of the molecule is Cn1cc(NC(=O)NC2CCCCC2)c2ccccc21. The molecule has 20 heavy (non-hydrogen) atoms. The van der Waals surface area contributed by atoms with Gasteiger partial charge in [-0.05, 0) is 18.9 Å². The molecule has 0 spiro atoms. The van der Waals surface area contributed by atoms with Gasteiger partial charge in [-0.15, -0.1) is 0 Å². The summed E-state index contributed by atoms with van der Waals surface area (Å²) in [5.41, 5.74) is 2.00. The van der Waals surface area contributed by atoms with Crippen LogP contribution >= 0.6 is 0 Å². The van der Waals surface area contributed by atoms with Crippen LogP contribution in [0.5, 0.6) is 0 Å². The fourth-order valence-corrected chi connectivity index (χ4v) is 3.03. The lowest BCUT2D eigenvalue weighted by atomic mass is 9.96. The number of benzene rings is 1. The maximum absolute atomic E-state index is 12.1. The fourth-order valence-electron chi connectivity index (χ4n) is 3.03. The molecule has 0 unspecified atom stereocenters. The summed E-state index contributed by atoms with van der Waals surface area (Å²) >= 11 is 0. The topological polar surface area (TPSA) is 46.1 Å². The van der Waals surface area contributed by atoms with Gasteiger partial charge in [0, 0.05) is 30.2 Å². The number of nitrogens with zero attached hydrogens (tertiary/aromatic N) is 1. The Kier molecular flexibility index (Phi) is 3.63. The van der Waals surface area contributed by atoms with Crippen LogP contribution in [0.15, 0.2) is 30.5 Å². The minimum atomic E-state index is -0.0896. The van der Waals surface area contributed by atoms with Gasteiger partial charge in [0.1, 0.15) is 0 Å². The molecule has 1 heterocycles. The average molecular weight is 271 g/mol. The first-order valence-electron chi connectivity index (χ1n) is 7.35. The number of rotatable bonds is 2. The normalized spacial score (nSPS) is 16.2. The number of urea groups is 1. The first-order valence-corrected chi connectivity index (χ1v) is 7.35. The van der Waals surface area contributed by atoms with Crippen molar-refractivity contribution in [3.8, 4) is 0 Å². The monoisotopic (exact) mass is 271 g/mol. The van der Waals surface area contributed by atoms with Gasteiger partial charge in [0.05, 0.1) is 5.69 Å². The number of carbonyl (C=O) groups excluding carboxylic acids is 1. The minimum absolute atomic E-state index is 0.0896. The van der Waals surface area contributed by atoms with Crippen molar-refractivity contribution < 1.29 is 4.79 Å². The van der Waals surface area contributed by atoms with Gasteiger partial charge in [0.15, 0.2) is 0 Å². The van der Waals surface area contributed by atoms with Crippen molar-refractivity contribution in [2.24, 2.45) is 7.05 Å². The van der Waals surface area contributed by atoms with E-state index < -0.39 is 0 Å². The molecular weight excluding hydrogens is 250 g/mol. The Morgan fingerprint density at radius 3 is 2.75 bits per heavy atom. The maximum Gasteiger partial charge on any atom is 0.319 e. The number of hydrogen-bond acceptors (Lipinski definition) is 1. The maximum atomic E-state index is 12.1. The summed E-state index contributed by atoms with van der Waals surface area (Å²) in [6, 6.07) is 8.33. The van der Waals surface area contributed by atoms with Crippen molar-refractivity contribution in [1.82, 2.24) is 9.88 Å². The van der Waals surface area contributed by atoms with Crippen LogP contribution in [0, 0.1) is 0 Å². The van der Waals surface area contributed by atoms with Crippen molar-refractivity contribution in [2.75, 3.05) is 5.32 Å². The van der Waals surface area contributed by atoms with Gasteiger partial charge in [-0.1, -0.05) is 37.5 Å². The number of amides is 2. The molecule has 0 aliphatic heterocycles. The van der Waals surface area contributed by atoms with Crippen molar-refractivity contribution in [2.45, 2.75) is 38.1 Å². The number of fused-ring (bicyclic) bond motifs is 1. The first kappa shape index (κ1) is 13.0. The van der Waals surface area contributed by atoms with Crippen molar-refractivity contribution in [3.63, 3.8) is 0 Å². The van der Waals surface area contributed by atoms with Crippen LogP contribution in [0.25, 0.3) is 10.9 Å². The molecule has 1 saturated carbocycles. The van der Waals surface area contributed by atoms with E-state index in [4.69, 9.17) is 0 Å². The van der Waals surface area contributed by atoms with Gasteiger partial charge < -0.3 is 15.2 Å². The Morgan fingerprint density at radius 1 is 1.20 bits per heavy atom. The van der Waals surface area contributed by atoms with E-state index in [1.807, 2.05) is 36.0 Å². The molecule has 0 radical (unpaired) electrons. The summed E-state index contributed by atoms with van der Waals surface area (Å²) < 4.78 is 2.03. The van der Waals surface area contributed by atoms with Crippen LogP contribution in [-0.2, 0) is 7.05 Å². The lowest BCUT2D eigenvalue weighted by molar-refractivity contribution is 0.244. The predicted molar refractivity (Wildman–Crippen MR) is 81.9 cm³/mol. The summed E-state index contributed by atoms with van der Waals surface area (Å²) in [6.07, 6.45) is 7.90. The number of anilines is 1. The Balaban J connectivity index is 1.71. The third-order valence-corrected chi connectivity index (χ3v) is 4.09. The zero-order chi connectivity index (χ0) is 13.9. The number of para-hydroxylation sites is 1. The summed E-state index contributed by atoms with van der Waals surface area (Å²) in [5, 5.41) is 7.14. The molecule has 2 amide bonds. The molecule has 1 aliphatic rings. The van der Waals surface area contributed by atoms with Gasteiger partial charge in [-0.3, -0.25) is 0 Å². The zero-order valence-corrected chi connectivity index (χ0v) is 11.9. The van der Waals surface area contributed by atoms with E-state index >= 15 is 0 Å². The highest BCUT2D eigenvalue weighted by Gasteiger charge is 2.16. The van der Waals surface area contributed by atoms with E-state index in [1.165, 1.54) is 19.3 Å². The Morgan fingerprint density at radius 2 is 1.95 bits per heavy atom. The molecule has 1 aromatic carbocycles. The second kappa shape index (κ2) is 5.57. The van der Waals surface area contributed by atoms with Crippen LogP contribution in [-0.4, -0.2) is 16.6 Å². The lowest BCUT2D eigenvalue weighted by Crippen LogP contribution is -2.38. The highest BCUT2D eigenvalue weighted by Crippen LogP contribution is 2.25. The van der Waals surface area contributed by atoms with Crippen LogP contribution in [0.2, 0.25) is 0 Å². The van der Waals surface area contributed by atoms with Crippen molar-refractivity contribution >= 4 is 22.6 Å². The molecule has 0 atom stereocenters. The van der Waals surface area contributed by atoms with Crippen molar-refractivity contribution in [3.05, 3.63) is 30.5 Å². The zero-order valence-electron chi connectivity index (χ0n) is 11.9. The molecule has 3 rings (SSSR count). The smallest absolute Gasteiger partial charge is 0.319 e. The minimum Gasteiger partial charge on any atom is -0.348 e. The number of carbonyl (C=O) groups is 1. The standard InChI is InChI=1S/C16H21N3O/c1-19-11-14(13-9-5-6-10-15(13)19)18-16(20)17-12-7-3-2-4-8-12/h5-6,9-12H,2-4,7-8H2,1H3,(H2,17,18,20). The molecule has 4 heteroatoms. The summed E-state index contributed by atoms with van der Waals surface area (Å²) in [6.45, 7) is 0. The molecule has 2 aromatic rings. The van der Waals surface area contributed by atoms with Gasteiger partial charge in [-0.25, -0.2) is 4.79 Å². The number of aromatic nitrogens is 1. The van der Waals surface area contributed by atoms with Gasteiger partial charge in [-0.2, -0.15) is 0 Å². The summed E-state index contributed by atoms with van der Waals surface area (Å²) in [5.74, 6) is 0. The molecule has 4 nitrogen and oxygen atoms in total. The van der Waals surface area contributed by atoms with E-state index in [9.17, 15) is 4.79 Å². The molecule has 1 aliphatic carbocycles. The predicted octanol–water partition coefficient (Wildman–Crippen LogP) is 3.63. The van der Waals surface area contributed by atoms with E-state index in [0.29, 0.717) is 6.04 Å². The Hall–Kier alpha value is -1.97. The fraction of sp³-hybridized carbons (Fsp3) is 0.438. The van der Waals surface area contributed by atoms with Crippen LogP contribution < -0.4 is 10.6 Å². The molecule has 0 bridgehead atoms. The number of nitrogens with one attached hydrogen (secondary N) is 2. The van der Waals surface area contributed by atoms with Crippen LogP contribution in [0.3, 0.4) is 0 Å². The molecule has 0 saturated heterocycles. The van der Waals surface area contributed by atoms with Crippen LogP contribution in [0.1, 0.15) is 32.1 Å². The van der Waals surface area contributed by atoms with Crippen LogP contribution in [0.4, 0.5) is 10.5 Å². The van der Waals surface area contributed by atoms with E-state index in [0.717, 1.165) is 29.4 Å². The van der Waals surface area contributed by atoms with E-state index in [2.05, 4.69) is 16.7 Å². The van der Waals surface area contributed by atoms with E-state index in [-0.39, 0.29) is 6.03 Å². The number of hydrogen-bond donors (Lipinski definition) is 2. The Bertz CT molecular complexity index is 611. The third-order valence-electron chi connectivity index (χ3n) is 4.09. The summed E-state index contributed by atoms with van der Waals surface area (Å²) in [7, 11) is 1.99. The van der Waals surface area contributed by atoms with Gasteiger partial charge in [0.2, 0.25) is 0 Å². The quantitative estimate of drug-likeness (QED) is 0.860. The molecule has 106 valence electrons. The molecular formula is C16H21N3O. The van der Waals surface area contributed by atoms with Gasteiger partial charge in [0.25, 0.3) is 0 Å². The first-order chi connectivity index (χ1) is 9.74. The molecule has 1 aromatic heterocycles. The number of aryl methyl sites for hydroxylation is 1. The summed E-state index contributed by atoms with van der Waals surface area (Å²) in [4.78, 5) is 12.1. The second-order valence-electron chi connectivity index (χ2n) is 5.60. The average Bonchev–Trinajstić information content (AvgIpc) is 2.77. The Labute approximate surface area is 119 Å². The molecule has 1 fully saturated rings. The van der Waals surface area contributed by atoms with Crippen molar-refractivity contribution in [1.29, 1.82) is 0 Å². The lowest BCUT2D eigenvalue weighted by Gasteiger charge is -2.22. The largest absolute Gasteiger partial charge is 0.348 e. The van der Waals surface area contributed by atoms with E-state index in [1.54, 1.807) is 0 Å². The third kappa shape index (κ3) is 2.64. The van der Waals surface area contributed by atoms with Gasteiger partial charge >= 0.3 is 6.03 Å². The highest BCUT2D eigenvalue weighted by molar-refractivity contribution is 6.01. The second-order valence-corrected chi connectivity index (χ2v) is 5.60.